The molecule has 4 nitrogen and oxygen atoms in total. The van der Waals surface area contributed by atoms with Gasteiger partial charge in [0.15, 0.2) is 0 Å². The summed E-state index contributed by atoms with van der Waals surface area (Å²) < 4.78 is 3.68. The number of aromatic nitrogens is 1. The molecule has 21 heavy (non-hydrogen) atoms. The number of hydrogen-bond acceptors (Lipinski definition) is 4. The van der Waals surface area contributed by atoms with Gasteiger partial charge in [-0.1, -0.05) is 35.8 Å². The van der Waals surface area contributed by atoms with E-state index in [1.54, 1.807) is 12.1 Å². The van der Waals surface area contributed by atoms with Crippen LogP contribution in [0.4, 0.5) is 0 Å². The molecule has 0 spiro atoms. The molecule has 0 aliphatic rings. The van der Waals surface area contributed by atoms with Crippen LogP contribution in [0.2, 0.25) is 0 Å². The van der Waals surface area contributed by atoms with Gasteiger partial charge in [-0.15, -0.1) is 11.8 Å². The van der Waals surface area contributed by atoms with Crippen LogP contribution in [0.15, 0.2) is 58.2 Å². The SMILES string of the molecule is CSc1ccccc1C(N)=O.O=c1[nH]sc2ccccc12. The van der Waals surface area contributed by atoms with Crippen LogP contribution >= 0.6 is 23.3 Å². The Bertz CT molecular complexity index is 808. The van der Waals surface area contributed by atoms with Gasteiger partial charge in [0.2, 0.25) is 5.91 Å². The van der Waals surface area contributed by atoms with Crippen LogP contribution in [0.1, 0.15) is 10.4 Å². The van der Waals surface area contributed by atoms with E-state index in [0.717, 1.165) is 15.0 Å². The van der Waals surface area contributed by atoms with Crippen LogP contribution in [-0.2, 0) is 0 Å². The third kappa shape index (κ3) is 3.74. The van der Waals surface area contributed by atoms with E-state index in [1.165, 1.54) is 23.3 Å². The molecular formula is C15H14N2O2S2. The van der Waals surface area contributed by atoms with Gasteiger partial charge in [0.1, 0.15) is 0 Å². The van der Waals surface area contributed by atoms with E-state index >= 15 is 0 Å². The minimum absolute atomic E-state index is 0.0144. The zero-order valence-electron chi connectivity index (χ0n) is 11.3. The smallest absolute Gasteiger partial charge is 0.265 e. The Morgan fingerprint density at radius 3 is 2.43 bits per heavy atom. The molecule has 3 aromatic rings. The molecular weight excluding hydrogens is 304 g/mol. The number of rotatable bonds is 2. The summed E-state index contributed by atoms with van der Waals surface area (Å²) in [5.41, 5.74) is 5.75. The summed E-state index contributed by atoms with van der Waals surface area (Å²) in [6.07, 6.45) is 1.92. The van der Waals surface area contributed by atoms with Gasteiger partial charge < -0.3 is 5.73 Å². The number of nitrogens with two attached hydrogens (primary N) is 1. The Hall–Kier alpha value is -2.05. The normalized spacial score (nSPS) is 9.95. The van der Waals surface area contributed by atoms with Crippen molar-refractivity contribution in [2.75, 3.05) is 6.26 Å². The lowest BCUT2D eigenvalue weighted by Gasteiger charge is -2.00. The van der Waals surface area contributed by atoms with Crippen LogP contribution in [0, 0.1) is 0 Å². The molecule has 0 saturated heterocycles. The average molecular weight is 318 g/mol. The highest BCUT2D eigenvalue weighted by Gasteiger charge is 2.04. The van der Waals surface area contributed by atoms with Gasteiger partial charge in [-0.2, -0.15) is 0 Å². The zero-order valence-corrected chi connectivity index (χ0v) is 13.0. The number of H-pyrrole nitrogens is 1. The molecule has 2 aromatic carbocycles. The standard InChI is InChI=1S/C8H9NOS.C7H5NOS/c1-11-7-5-3-2-4-6(7)8(9)10;9-7-5-3-1-2-4-6(5)10-8-7/h2-5H,1H3,(H2,9,10);1-4H,(H,8,9). The predicted octanol–water partition coefficient (Wildman–Crippen LogP) is 3.10. The number of aromatic amines is 1. The molecule has 0 radical (unpaired) electrons. The largest absolute Gasteiger partial charge is 0.366 e. The third-order valence-corrected chi connectivity index (χ3v) is 4.42. The van der Waals surface area contributed by atoms with Crippen molar-refractivity contribution in [2.45, 2.75) is 4.90 Å². The van der Waals surface area contributed by atoms with E-state index < -0.39 is 0 Å². The summed E-state index contributed by atoms with van der Waals surface area (Å²) in [6.45, 7) is 0. The number of hydrogen-bond donors (Lipinski definition) is 2. The Kier molecular flexibility index (Phi) is 5.19. The molecule has 108 valence electrons. The van der Waals surface area contributed by atoms with Crippen LogP contribution in [-0.4, -0.2) is 16.5 Å². The first kappa shape index (κ1) is 15.3. The Balaban J connectivity index is 0.000000154. The van der Waals surface area contributed by atoms with E-state index in [4.69, 9.17) is 5.73 Å². The van der Waals surface area contributed by atoms with Crippen molar-refractivity contribution in [3.63, 3.8) is 0 Å². The van der Waals surface area contributed by atoms with Crippen molar-refractivity contribution >= 4 is 39.3 Å². The average Bonchev–Trinajstić information content (AvgIpc) is 2.90. The lowest BCUT2D eigenvalue weighted by Crippen LogP contribution is -2.11. The van der Waals surface area contributed by atoms with Gasteiger partial charge in [-0.25, -0.2) is 0 Å². The fraction of sp³-hybridized carbons (Fsp3) is 0.0667. The molecule has 1 aromatic heterocycles. The molecule has 6 heteroatoms. The second kappa shape index (κ2) is 7.10. The van der Waals surface area contributed by atoms with E-state index in [1.807, 2.05) is 42.7 Å². The molecule has 1 heterocycles. The van der Waals surface area contributed by atoms with Gasteiger partial charge in [-0.05, 0) is 30.5 Å². The number of thioether (sulfide) groups is 1. The second-order valence-electron chi connectivity index (χ2n) is 4.09. The van der Waals surface area contributed by atoms with E-state index in [-0.39, 0.29) is 11.5 Å². The van der Waals surface area contributed by atoms with E-state index in [0.29, 0.717) is 5.56 Å². The van der Waals surface area contributed by atoms with Crippen LogP contribution in [0.3, 0.4) is 0 Å². The highest BCUT2D eigenvalue weighted by molar-refractivity contribution is 7.98. The number of carbonyl (C=O) groups excluding carboxylic acids is 1. The molecule has 0 saturated carbocycles. The molecule has 0 atom stereocenters. The predicted molar refractivity (Wildman–Crippen MR) is 89.2 cm³/mol. The van der Waals surface area contributed by atoms with Gasteiger partial charge in [0.05, 0.1) is 15.6 Å². The Morgan fingerprint density at radius 2 is 1.81 bits per heavy atom. The quantitative estimate of drug-likeness (QED) is 0.713. The number of carbonyl (C=O) groups is 1. The summed E-state index contributed by atoms with van der Waals surface area (Å²) in [5.74, 6) is -0.366. The lowest BCUT2D eigenvalue weighted by molar-refractivity contribution is 0.0997. The molecule has 1 amide bonds. The first-order valence-corrected chi connectivity index (χ1v) is 8.16. The highest BCUT2D eigenvalue weighted by atomic mass is 32.2. The summed E-state index contributed by atoms with van der Waals surface area (Å²) >= 11 is 2.90. The summed E-state index contributed by atoms with van der Waals surface area (Å²) in [6, 6.07) is 14.8. The fourth-order valence-electron chi connectivity index (χ4n) is 1.75. The van der Waals surface area contributed by atoms with Crippen molar-refractivity contribution in [2.24, 2.45) is 5.73 Å². The van der Waals surface area contributed by atoms with Crippen LogP contribution in [0.25, 0.3) is 10.1 Å². The third-order valence-electron chi connectivity index (χ3n) is 2.76. The summed E-state index contributed by atoms with van der Waals surface area (Å²) in [7, 11) is 0. The van der Waals surface area contributed by atoms with Gasteiger partial charge in [-0.3, -0.25) is 14.0 Å². The lowest BCUT2D eigenvalue weighted by atomic mass is 10.2. The van der Waals surface area contributed by atoms with Crippen LogP contribution < -0.4 is 11.3 Å². The minimum atomic E-state index is -0.366. The maximum Gasteiger partial charge on any atom is 0.265 e. The molecule has 0 aliphatic carbocycles. The van der Waals surface area contributed by atoms with Gasteiger partial charge in [0.25, 0.3) is 5.56 Å². The Labute approximate surface area is 130 Å². The number of fused-ring (bicyclic) bond motifs is 1. The molecule has 0 fully saturated rings. The molecule has 3 N–H and O–H groups in total. The Morgan fingerprint density at radius 1 is 1.14 bits per heavy atom. The first-order chi connectivity index (χ1) is 10.1. The van der Waals surface area contributed by atoms with E-state index in [9.17, 15) is 9.59 Å². The van der Waals surface area contributed by atoms with Crippen molar-refractivity contribution in [3.8, 4) is 0 Å². The minimum Gasteiger partial charge on any atom is -0.366 e. The number of nitrogens with one attached hydrogen (secondary N) is 1. The van der Waals surface area contributed by atoms with Crippen molar-refractivity contribution in [1.29, 1.82) is 0 Å². The van der Waals surface area contributed by atoms with Gasteiger partial charge >= 0.3 is 0 Å². The summed E-state index contributed by atoms with van der Waals surface area (Å²) in [4.78, 5) is 22.7. The maximum atomic E-state index is 10.9. The van der Waals surface area contributed by atoms with Crippen molar-refractivity contribution in [1.82, 2.24) is 4.37 Å². The zero-order chi connectivity index (χ0) is 15.2. The van der Waals surface area contributed by atoms with E-state index in [2.05, 4.69) is 4.37 Å². The fourth-order valence-corrected chi connectivity index (χ4v) is 3.08. The van der Waals surface area contributed by atoms with Crippen LogP contribution in [0.5, 0.6) is 0 Å². The molecule has 0 aliphatic heterocycles. The highest BCUT2D eigenvalue weighted by Crippen LogP contribution is 2.18. The molecule has 0 bridgehead atoms. The number of amides is 1. The monoisotopic (exact) mass is 318 g/mol. The number of primary amides is 1. The molecule has 3 rings (SSSR count). The number of benzene rings is 2. The maximum absolute atomic E-state index is 10.9. The summed E-state index contributed by atoms with van der Waals surface area (Å²) in [5, 5.41) is 0.785. The molecule has 0 unspecified atom stereocenters. The topological polar surface area (TPSA) is 76.0 Å². The first-order valence-electron chi connectivity index (χ1n) is 6.12. The van der Waals surface area contributed by atoms with Crippen molar-refractivity contribution < 1.29 is 4.79 Å². The van der Waals surface area contributed by atoms with Gasteiger partial charge in [0, 0.05) is 4.90 Å². The second-order valence-corrected chi connectivity index (χ2v) is 5.79. The van der Waals surface area contributed by atoms with Crippen molar-refractivity contribution in [3.05, 3.63) is 64.4 Å².